The van der Waals surface area contributed by atoms with Crippen molar-refractivity contribution < 1.29 is 33.3 Å². The quantitative estimate of drug-likeness (QED) is 0.450. The molecule has 9 heteroatoms. The van der Waals surface area contributed by atoms with Gasteiger partial charge in [-0.3, -0.25) is 0 Å². The van der Waals surface area contributed by atoms with Crippen molar-refractivity contribution >= 4 is 28.3 Å². The molecule has 2 aromatic rings. The van der Waals surface area contributed by atoms with E-state index in [1.807, 2.05) is 24.3 Å². The molecule has 0 bridgehead atoms. The van der Waals surface area contributed by atoms with E-state index >= 15 is 0 Å². The zero-order chi connectivity index (χ0) is 24.5. The Morgan fingerprint density at radius 2 is 1.79 bits per heavy atom. The van der Waals surface area contributed by atoms with Gasteiger partial charge in [-0.25, -0.2) is 9.59 Å². The molecule has 1 aromatic heterocycles. The second kappa shape index (κ2) is 12.7. The Morgan fingerprint density at radius 1 is 1.12 bits per heavy atom. The predicted molar refractivity (Wildman–Crippen MR) is 130 cm³/mol. The molecule has 1 N–H and O–H groups in total. The average Bonchev–Trinajstić information content (AvgIpc) is 3.18. The number of anilines is 1. The molecule has 186 valence electrons. The van der Waals surface area contributed by atoms with Gasteiger partial charge < -0.3 is 29.0 Å². The van der Waals surface area contributed by atoms with E-state index in [0.29, 0.717) is 40.8 Å². The van der Waals surface area contributed by atoms with E-state index in [9.17, 15) is 9.59 Å². The van der Waals surface area contributed by atoms with Gasteiger partial charge in [-0.15, -0.1) is 11.3 Å². The highest BCUT2D eigenvalue weighted by atomic mass is 32.1. The summed E-state index contributed by atoms with van der Waals surface area (Å²) in [6.07, 6.45) is 1.33. The maximum absolute atomic E-state index is 12.7. The zero-order valence-corrected chi connectivity index (χ0v) is 21.0. The summed E-state index contributed by atoms with van der Waals surface area (Å²) in [5.74, 6) is -0.210. The zero-order valence-electron chi connectivity index (χ0n) is 20.2. The van der Waals surface area contributed by atoms with Crippen LogP contribution in [-0.2, 0) is 18.9 Å². The first kappa shape index (κ1) is 26.0. The Bertz CT molecular complexity index is 968. The van der Waals surface area contributed by atoms with Crippen LogP contribution in [0, 0.1) is 6.92 Å². The van der Waals surface area contributed by atoms with Gasteiger partial charge in [0.1, 0.15) is 21.7 Å². The molecule has 0 saturated carbocycles. The Kier molecular flexibility index (Phi) is 9.74. The van der Waals surface area contributed by atoms with E-state index in [2.05, 4.69) is 5.32 Å². The van der Waals surface area contributed by atoms with Gasteiger partial charge in [0.2, 0.25) is 0 Å². The van der Waals surface area contributed by atoms with Crippen molar-refractivity contribution in [2.45, 2.75) is 45.8 Å². The number of rotatable bonds is 11. The molecule has 0 amide bonds. The number of methoxy groups -OCH3 is 1. The molecule has 1 atom stereocenters. The van der Waals surface area contributed by atoms with Crippen molar-refractivity contribution in [3.8, 4) is 5.75 Å². The number of hydrogen-bond donors (Lipinski definition) is 1. The van der Waals surface area contributed by atoms with Gasteiger partial charge in [-0.1, -0.05) is 18.2 Å². The minimum atomic E-state index is -0.478. The van der Waals surface area contributed by atoms with E-state index in [-0.39, 0.29) is 25.4 Å². The topological polar surface area (TPSA) is 92.3 Å². The largest absolute Gasteiger partial charge is 0.496 e. The smallest absolute Gasteiger partial charge is 0.348 e. The molecule has 1 saturated heterocycles. The number of esters is 2. The molecule has 3 rings (SSSR count). The molecule has 8 nitrogen and oxygen atoms in total. The first-order chi connectivity index (χ1) is 16.5. The highest BCUT2D eigenvalue weighted by Gasteiger charge is 2.28. The number of hydrogen-bond acceptors (Lipinski definition) is 9. The van der Waals surface area contributed by atoms with Gasteiger partial charge in [-0.05, 0) is 45.2 Å². The van der Waals surface area contributed by atoms with Gasteiger partial charge >= 0.3 is 11.9 Å². The lowest BCUT2D eigenvalue weighted by Crippen LogP contribution is -2.28. The monoisotopic (exact) mass is 491 g/mol. The maximum atomic E-state index is 12.7. The first-order valence-electron chi connectivity index (χ1n) is 11.6. The lowest BCUT2D eigenvalue weighted by Gasteiger charge is -2.29. The van der Waals surface area contributed by atoms with Gasteiger partial charge in [0, 0.05) is 25.3 Å². The van der Waals surface area contributed by atoms with Gasteiger partial charge in [0.25, 0.3) is 0 Å². The van der Waals surface area contributed by atoms with Crippen LogP contribution in [0.3, 0.4) is 0 Å². The van der Waals surface area contributed by atoms with Crippen molar-refractivity contribution in [3.05, 3.63) is 45.8 Å². The molecule has 1 aliphatic heterocycles. The average molecular weight is 492 g/mol. The lowest BCUT2D eigenvalue weighted by molar-refractivity contribution is -0.0658. The molecule has 34 heavy (non-hydrogen) atoms. The highest BCUT2D eigenvalue weighted by Crippen LogP contribution is 2.36. The molecule has 0 spiro atoms. The third-order valence-electron chi connectivity index (χ3n) is 5.55. The van der Waals surface area contributed by atoms with Crippen LogP contribution in [-0.4, -0.2) is 58.1 Å². The van der Waals surface area contributed by atoms with Gasteiger partial charge in [0.05, 0.1) is 32.0 Å². The minimum absolute atomic E-state index is 0.0511. The second-order valence-electron chi connectivity index (χ2n) is 7.76. The summed E-state index contributed by atoms with van der Waals surface area (Å²) in [6.45, 7) is 7.41. The van der Waals surface area contributed by atoms with E-state index in [4.69, 9.17) is 23.7 Å². The Morgan fingerprint density at radius 3 is 2.47 bits per heavy atom. The van der Waals surface area contributed by atoms with Crippen LogP contribution in [0.15, 0.2) is 24.3 Å². The number of carbonyl (C=O) groups is 2. The minimum Gasteiger partial charge on any atom is -0.496 e. The molecular formula is C25H33NO7S. The maximum Gasteiger partial charge on any atom is 0.348 e. The summed E-state index contributed by atoms with van der Waals surface area (Å²) in [4.78, 5) is 25.6. The van der Waals surface area contributed by atoms with Crippen LogP contribution >= 0.6 is 11.3 Å². The summed E-state index contributed by atoms with van der Waals surface area (Å²) in [5.41, 5.74) is 1.80. The second-order valence-corrected chi connectivity index (χ2v) is 8.78. The Balaban J connectivity index is 1.90. The van der Waals surface area contributed by atoms with E-state index < -0.39 is 11.9 Å². The van der Waals surface area contributed by atoms with E-state index in [1.54, 1.807) is 27.9 Å². The third-order valence-corrected chi connectivity index (χ3v) is 6.78. The van der Waals surface area contributed by atoms with Gasteiger partial charge in [0.15, 0.2) is 0 Å². The fourth-order valence-electron chi connectivity index (χ4n) is 3.87. The van der Waals surface area contributed by atoms with E-state index in [1.165, 1.54) is 11.3 Å². The van der Waals surface area contributed by atoms with Crippen LogP contribution in [0.2, 0.25) is 0 Å². The predicted octanol–water partition coefficient (Wildman–Crippen LogP) is 4.77. The van der Waals surface area contributed by atoms with Crippen LogP contribution in [0.4, 0.5) is 5.00 Å². The SMILES string of the molecule is CCOC(=O)c1sc(NCC(OC2CCOCC2)c2ccccc2OC)c(C(=O)OCC)c1C. The van der Waals surface area contributed by atoms with Crippen LogP contribution < -0.4 is 10.1 Å². The molecule has 2 heterocycles. The third kappa shape index (κ3) is 6.28. The lowest BCUT2D eigenvalue weighted by atomic mass is 10.1. The number of carbonyl (C=O) groups excluding carboxylic acids is 2. The van der Waals surface area contributed by atoms with Crippen molar-refractivity contribution in [2.24, 2.45) is 0 Å². The number of benzene rings is 1. The first-order valence-corrected chi connectivity index (χ1v) is 12.4. The molecular weight excluding hydrogens is 458 g/mol. The van der Waals surface area contributed by atoms with E-state index in [0.717, 1.165) is 24.2 Å². The van der Waals surface area contributed by atoms with Crippen molar-refractivity contribution in [3.63, 3.8) is 0 Å². The normalized spacial score (nSPS) is 14.9. The number of thiophene rings is 1. The fraction of sp³-hybridized carbons (Fsp3) is 0.520. The molecule has 0 aliphatic carbocycles. The molecule has 1 aromatic carbocycles. The summed E-state index contributed by atoms with van der Waals surface area (Å²) in [6, 6.07) is 7.72. The summed E-state index contributed by atoms with van der Waals surface area (Å²) >= 11 is 1.19. The van der Waals surface area contributed by atoms with Crippen molar-refractivity contribution in [2.75, 3.05) is 45.4 Å². The highest BCUT2D eigenvalue weighted by molar-refractivity contribution is 7.18. The Labute approximate surface area is 204 Å². The summed E-state index contributed by atoms with van der Waals surface area (Å²) < 4.78 is 28.0. The van der Waals surface area contributed by atoms with Crippen LogP contribution in [0.25, 0.3) is 0 Å². The van der Waals surface area contributed by atoms with Gasteiger partial charge in [-0.2, -0.15) is 0 Å². The molecule has 1 aliphatic rings. The van der Waals surface area contributed by atoms with Crippen molar-refractivity contribution in [1.29, 1.82) is 0 Å². The van der Waals surface area contributed by atoms with Crippen molar-refractivity contribution in [1.82, 2.24) is 0 Å². The summed E-state index contributed by atoms with van der Waals surface area (Å²) in [7, 11) is 1.63. The fourth-order valence-corrected chi connectivity index (χ4v) is 4.97. The van der Waals surface area contributed by atoms with Crippen LogP contribution in [0.1, 0.15) is 63.9 Å². The standard InChI is InChI=1S/C25H33NO7S/c1-5-31-24(27)21-16(3)22(25(28)32-6-2)34-23(21)26-15-20(33-17-11-13-30-14-12-17)18-9-7-8-10-19(18)29-4/h7-10,17,20,26H,5-6,11-15H2,1-4H3. The number of para-hydroxylation sites is 1. The number of nitrogens with one attached hydrogen (secondary N) is 1. The summed E-state index contributed by atoms with van der Waals surface area (Å²) in [5, 5.41) is 3.90. The molecule has 1 fully saturated rings. The number of ether oxygens (including phenoxy) is 5. The van der Waals surface area contributed by atoms with Crippen LogP contribution in [0.5, 0.6) is 5.75 Å². The molecule has 0 radical (unpaired) electrons. The Hall–Kier alpha value is -2.62. The molecule has 1 unspecified atom stereocenters.